The molecule has 0 radical (unpaired) electrons. The van der Waals surface area contributed by atoms with Gasteiger partial charge in [-0.05, 0) is 29.5 Å². The Bertz CT molecular complexity index is 630. The van der Waals surface area contributed by atoms with E-state index in [0.717, 1.165) is 5.69 Å². The Kier molecular flexibility index (Phi) is 4.88. The lowest BCUT2D eigenvalue weighted by Crippen LogP contribution is -2.41. The van der Waals surface area contributed by atoms with Gasteiger partial charge in [0.15, 0.2) is 0 Å². The minimum atomic E-state index is -0.546. The third kappa shape index (κ3) is 3.78. The highest BCUT2D eigenvalue weighted by molar-refractivity contribution is 8.00. The highest BCUT2D eigenvalue weighted by Gasteiger charge is 2.20. The summed E-state index contributed by atoms with van der Waals surface area (Å²) in [6.45, 7) is 1.67. The maximum Gasteiger partial charge on any atom is 0.321 e. The van der Waals surface area contributed by atoms with Gasteiger partial charge in [0.05, 0.1) is 10.9 Å². The van der Waals surface area contributed by atoms with E-state index in [9.17, 15) is 9.59 Å². The normalized spacial score (nSPS) is 11.7. The van der Waals surface area contributed by atoms with Crippen molar-refractivity contribution < 1.29 is 9.59 Å². The zero-order chi connectivity index (χ0) is 15.2. The molecule has 9 heteroatoms. The number of rotatable bonds is 4. The fourth-order valence-corrected chi connectivity index (χ4v) is 2.28. The summed E-state index contributed by atoms with van der Waals surface area (Å²) in [4.78, 5) is 22.9. The van der Waals surface area contributed by atoms with E-state index in [1.807, 2.05) is 30.3 Å². The van der Waals surface area contributed by atoms with Gasteiger partial charge in [-0.3, -0.25) is 10.1 Å². The minimum absolute atomic E-state index is 0.415. The van der Waals surface area contributed by atoms with Crippen molar-refractivity contribution in [1.29, 1.82) is 0 Å². The molecule has 0 spiro atoms. The van der Waals surface area contributed by atoms with Crippen LogP contribution in [0.3, 0.4) is 0 Å². The quantitative estimate of drug-likeness (QED) is 0.802. The maximum atomic E-state index is 11.8. The summed E-state index contributed by atoms with van der Waals surface area (Å²) in [6, 6.07) is 8.79. The van der Waals surface area contributed by atoms with E-state index in [1.165, 1.54) is 23.5 Å². The monoisotopic (exact) mass is 306 g/mol. The molecular formula is C12H14N6O2S. The van der Waals surface area contributed by atoms with Crippen LogP contribution in [0.4, 0.5) is 4.79 Å². The van der Waals surface area contributed by atoms with Gasteiger partial charge in [0, 0.05) is 7.05 Å². The lowest BCUT2D eigenvalue weighted by atomic mass is 10.3. The number of benzene rings is 1. The predicted molar refractivity (Wildman–Crippen MR) is 77.1 cm³/mol. The molecule has 0 aliphatic carbocycles. The maximum absolute atomic E-state index is 11.8. The number of carbonyl (C=O) groups is 2. The van der Waals surface area contributed by atoms with Gasteiger partial charge in [-0.25, -0.2) is 4.79 Å². The number of urea groups is 1. The molecule has 0 saturated carbocycles. The molecule has 2 rings (SSSR count). The highest BCUT2D eigenvalue weighted by Crippen LogP contribution is 2.22. The molecule has 1 heterocycles. The van der Waals surface area contributed by atoms with Gasteiger partial charge in [-0.15, -0.1) is 5.10 Å². The van der Waals surface area contributed by atoms with Gasteiger partial charge in [0.25, 0.3) is 0 Å². The van der Waals surface area contributed by atoms with Crippen molar-refractivity contribution in [3.63, 3.8) is 0 Å². The molecule has 1 aromatic heterocycles. The predicted octanol–water partition coefficient (Wildman–Crippen LogP) is 0.598. The molecule has 3 amide bonds. The molecule has 110 valence electrons. The topological polar surface area (TPSA) is 102 Å². The summed E-state index contributed by atoms with van der Waals surface area (Å²) in [7, 11) is 1.44. The molecule has 1 atom stereocenters. The lowest BCUT2D eigenvalue weighted by molar-refractivity contribution is -0.119. The van der Waals surface area contributed by atoms with Crippen molar-refractivity contribution in [3.05, 3.63) is 30.3 Å². The van der Waals surface area contributed by atoms with Gasteiger partial charge in [-0.1, -0.05) is 30.0 Å². The Balaban J connectivity index is 2.09. The zero-order valence-corrected chi connectivity index (χ0v) is 12.3. The Morgan fingerprint density at radius 3 is 2.67 bits per heavy atom. The summed E-state index contributed by atoms with van der Waals surface area (Å²) < 4.78 is 1.54. The van der Waals surface area contributed by atoms with E-state index in [-0.39, 0.29) is 0 Å². The highest BCUT2D eigenvalue weighted by atomic mass is 32.2. The largest absolute Gasteiger partial charge is 0.341 e. The van der Waals surface area contributed by atoms with Crippen LogP contribution in [0.1, 0.15) is 6.92 Å². The summed E-state index contributed by atoms with van der Waals surface area (Å²) in [5, 5.41) is 15.9. The summed E-state index contributed by atoms with van der Waals surface area (Å²) >= 11 is 1.17. The summed E-state index contributed by atoms with van der Waals surface area (Å²) in [5.41, 5.74) is 0.795. The van der Waals surface area contributed by atoms with Crippen LogP contribution in [-0.2, 0) is 4.79 Å². The zero-order valence-electron chi connectivity index (χ0n) is 11.5. The molecule has 8 nitrogen and oxygen atoms in total. The second-order valence-corrected chi connectivity index (χ2v) is 5.35. The Morgan fingerprint density at radius 1 is 1.29 bits per heavy atom. The fraction of sp³-hybridized carbons (Fsp3) is 0.250. The molecule has 0 aliphatic heterocycles. The second-order valence-electron chi connectivity index (χ2n) is 4.04. The molecule has 2 N–H and O–H groups in total. The van der Waals surface area contributed by atoms with Crippen LogP contribution in [0.25, 0.3) is 5.69 Å². The Hall–Kier alpha value is -2.42. The molecule has 0 bridgehead atoms. The number of nitrogens with zero attached hydrogens (tertiary/aromatic N) is 4. The second kappa shape index (κ2) is 6.84. The third-order valence-corrected chi connectivity index (χ3v) is 3.59. The van der Waals surface area contributed by atoms with E-state index >= 15 is 0 Å². The minimum Gasteiger partial charge on any atom is -0.341 e. The van der Waals surface area contributed by atoms with Crippen molar-refractivity contribution in [2.24, 2.45) is 0 Å². The first kappa shape index (κ1) is 15.0. The number of nitrogens with one attached hydrogen (secondary N) is 2. The van der Waals surface area contributed by atoms with Gasteiger partial charge < -0.3 is 5.32 Å². The van der Waals surface area contributed by atoms with Gasteiger partial charge >= 0.3 is 6.03 Å². The number of aromatic nitrogens is 4. The molecule has 0 saturated heterocycles. The lowest BCUT2D eigenvalue weighted by Gasteiger charge is -2.10. The number of carbonyl (C=O) groups excluding carboxylic acids is 2. The van der Waals surface area contributed by atoms with Crippen LogP contribution in [0.15, 0.2) is 35.5 Å². The average molecular weight is 306 g/mol. The Labute approximate surface area is 125 Å². The van der Waals surface area contributed by atoms with E-state index in [2.05, 4.69) is 26.2 Å². The van der Waals surface area contributed by atoms with Gasteiger partial charge in [0.2, 0.25) is 11.1 Å². The standard InChI is InChI=1S/C12H14N6O2S/c1-8(10(19)14-11(20)13-2)21-12-15-16-17-18(12)9-6-4-3-5-7-9/h3-8H,1-2H3,(H2,13,14,19,20)/t8-/m0/s1. The molecule has 0 fully saturated rings. The van der Waals surface area contributed by atoms with E-state index < -0.39 is 17.2 Å². The number of amides is 3. The van der Waals surface area contributed by atoms with Crippen LogP contribution in [0, 0.1) is 0 Å². The van der Waals surface area contributed by atoms with Gasteiger partial charge in [-0.2, -0.15) is 4.68 Å². The van der Waals surface area contributed by atoms with Crippen molar-refractivity contribution in [3.8, 4) is 5.69 Å². The third-order valence-electron chi connectivity index (χ3n) is 2.56. The number of tetrazole rings is 1. The fourth-order valence-electron chi connectivity index (χ4n) is 1.47. The van der Waals surface area contributed by atoms with Gasteiger partial charge in [0.1, 0.15) is 0 Å². The first-order valence-electron chi connectivity index (χ1n) is 6.15. The van der Waals surface area contributed by atoms with Crippen molar-refractivity contribution >= 4 is 23.7 Å². The first-order chi connectivity index (χ1) is 10.1. The molecule has 2 aromatic rings. The molecule has 1 aromatic carbocycles. The van der Waals surface area contributed by atoms with Crippen LogP contribution >= 0.6 is 11.8 Å². The Morgan fingerprint density at radius 2 is 2.00 bits per heavy atom. The summed E-state index contributed by atoms with van der Waals surface area (Å²) in [5.74, 6) is -0.415. The van der Waals surface area contributed by atoms with Crippen molar-refractivity contribution in [1.82, 2.24) is 30.8 Å². The first-order valence-corrected chi connectivity index (χ1v) is 7.03. The number of imide groups is 1. The molecule has 0 aliphatic rings. The molecule has 21 heavy (non-hydrogen) atoms. The van der Waals surface area contributed by atoms with Crippen molar-refractivity contribution in [2.75, 3.05) is 7.05 Å². The van der Waals surface area contributed by atoms with E-state index in [4.69, 9.17) is 0 Å². The number of hydrogen-bond donors (Lipinski definition) is 2. The average Bonchev–Trinajstić information content (AvgIpc) is 2.96. The van der Waals surface area contributed by atoms with E-state index in [1.54, 1.807) is 6.92 Å². The van der Waals surface area contributed by atoms with Crippen LogP contribution < -0.4 is 10.6 Å². The number of hydrogen-bond acceptors (Lipinski definition) is 6. The van der Waals surface area contributed by atoms with Crippen LogP contribution in [0.5, 0.6) is 0 Å². The molecule has 0 unspecified atom stereocenters. The smallest absolute Gasteiger partial charge is 0.321 e. The molecular weight excluding hydrogens is 292 g/mol. The van der Waals surface area contributed by atoms with E-state index in [0.29, 0.717) is 5.16 Å². The SMILES string of the molecule is CNC(=O)NC(=O)[C@H](C)Sc1nnnn1-c1ccccc1. The number of thioether (sulfide) groups is 1. The van der Waals surface area contributed by atoms with Crippen molar-refractivity contribution in [2.45, 2.75) is 17.3 Å². The summed E-state index contributed by atoms with van der Waals surface area (Å²) in [6.07, 6.45) is 0. The van der Waals surface area contributed by atoms with Crippen LogP contribution in [-0.4, -0.2) is 44.4 Å². The van der Waals surface area contributed by atoms with Crippen LogP contribution in [0.2, 0.25) is 0 Å². The number of para-hydroxylation sites is 1.